The van der Waals surface area contributed by atoms with Gasteiger partial charge in [0.05, 0.1) is 29.4 Å². The Labute approximate surface area is 238 Å². The van der Waals surface area contributed by atoms with Crippen LogP contribution in [-0.4, -0.2) is 87.2 Å². The van der Waals surface area contributed by atoms with Gasteiger partial charge >= 0.3 is 12.1 Å². The van der Waals surface area contributed by atoms with Gasteiger partial charge in [-0.25, -0.2) is 14.6 Å². The maximum Gasteiger partial charge on any atom is 0.415 e. The van der Waals surface area contributed by atoms with E-state index >= 15 is 0 Å². The Morgan fingerprint density at radius 3 is 2.66 bits per heavy atom. The number of pyridine rings is 1. The number of aromatic nitrogens is 1. The van der Waals surface area contributed by atoms with E-state index in [1.807, 2.05) is 24.3 Å². The molecule has 0 saturated carbocycles. The lowest BCUT2D eigenvalue weighted by Crippen LogP contribution is -2.58. The number of piperidine rings is 2. The van der Waals surface area contributed by atoms with Gasteiger partial charge in [0.15, 0.2) is 5.60 Å². The van der Waals surface area contributed by atoms with Gasteiger partial charge in [-0.3, -0.25) is 4.79 Å². The van der Waals surface area contributed by atoms with Gasteiger partial charge < -0.3 is 29.3 Å². The molecule has 7 rings (SSSR count). The minimum absolute atomic E-state index is 0.0403. The predicted molar refractivity (Wildman–Crippen MR) is 149 cm³/mol. The van der Waals surface area contributed by atoms with Gasteiger partial charge in [0, 0.05) is 36.0 Å². The first kappa shape index (κ1) is 26.4. The highest BCUT2D eigenvalue weighted by Crippen LogP contribution is 2.46. The van der Waals surface area contributed by atoms with Crippen molar-refractivity contribution in [3.8, 4) is 5.75 Å². The molecule has 10 heteroatoms. The van der Waals surface area contributed by atoms with E-state index in [-0.39, 0.29) is 25.0 Å². The summed E-state index contributed by atoms with van der Waals surface area (Å²) >= 11 is 0. The largest absolute Gasteiger partial charge is 0.463 e. The number of benzene rings is 1. The number of likely N-dealkylation sites (tertiary alicyclic amines) is 2. The Morgan fingerprint density at radius 1 is 1.12 bits per heavy atom. The molecule has 3 unspecified atom stereocenters. The molecule has 216 valence electrons. The van der Waals surface area contributed by atoms with E-state index in [2.05, 4.69) is 4.90 Å². The number of cyclic esters (lactones) is 1. The van der Waals surface area contributed by atoms with Crippen molar-refractivity contribution in [3.63, 3.8) is 0 Å². The predicted octanol–water partition coefficient (Wildman–Crippen LogP) is 3.31. The number of carbonyl (C=O) groups excluding carboxylic acids is 3. The van der Waals surface area contributed by atoms with Crippen LogP contribution in [0.4, 0.5) is 4.79 Å². The Morgan fingerprint density at radius 2 is 1.90 bits per heavy atom. The van der Waals surface area contributed by atoms with E-state index in [1.54, 1.807) is 22.8 Å². The molecule has 5 aliphatic rings. The quantitative estimate of drug-likeness (QED) is 0.569. The van der Waals surface area contributed by atoms with Gasteiger partial charge in [0.2, 0.25) is 5.91 Å². The topological polar surface area (TPSA) is 113 Å². The number of esters is 1. The van der Waals surface area contributed by atoms with Crippen LogP contribution in [0, 0.1) is 11.8 Å². The second kappa shape index (κ2) is 10.1. The van der Waals surface area contributed by atoms with Crippen molar-refractivity contribution in [1.29, 1.82) is 0 Å². The Hall–Kier alpha value is -3.50. The minimum Gasteiger partial charge on any atom is -0.463 e. The average Bonchev–Trinajstić information content (AvgIpc) is 3.36. The van der Waals surface area contributed by atoms with Crippen LogP contribution in [0.2, 0.25) is 0 Å². The van der Waals surface area contributed by atoms with E-state index in [9.17, 15) is 19.5 Å². The maximum absolute atomic E-state index is 13.4. The number of ether oxygens (including phenoxy) is 2. The lowest BCUT2D eigenvalue weighted by atomic mass is 9.72. The maximum atomic E-state index is 13.4. The summed E-state index contributed by atoms with van der Waals surface area (Å²) in [5.74, 6) is -1.68. The molecule has 0 bridgehead atoms. The van der Waals surface area contributed by atoms with Crippen molar-refractivity contribution in [1.82, 2.24) is 19.7 Å². The average molecular weight is 561 g/mol. The number of amides is 2. The van der Waals surface area contributed by atoms with Gasteiger partial charge in [-0.05, 0) is 69.5 Å². The summed E-state index contributed by atoms with van der Waals surface area (Å²) in [6.45, 7) is 5.77. The molecule has 2 amide bonds. The van der Waals surface area contributed by atoms with Crippen molar-refractivity contribution in [2.24, 2.45) is 11.8 Å². The minimum atomic E-state index is -1.74. The highest BCUT2D eigenvalue weighted by molar-refractivity contribution is 5.97. The third-order valence-corrected chi connectivity index (χ3v) is 9.75. The molecule has 0 spiro atoms. The third-order valence-electron chi connectivity index (χ3n) is 9.75. The molecule has 5 aliphatic heterocycles. The zero-order valence-corrected chi connectivity index (χ0v) is 23.4. The fourth-order valence-electron chi connectivity index (χ4n) is 7.31. The third kappa shape index (κ3) is 4.39. The zero-order valence-electron chi connectivity index (χ0n) is 23.4. The number of hydrogen-bond donors (Lipinski definition) is 1. The van der Waals surface area contributed by atoms with Gasteiger partial charge in [-0.15, -0.1) is 0 Å². The van der Waals surface area contributed by atoms with Crippen LogP contribution in [0.3, 0.4) is 0 Å². The SMILES string of the molecule is CCC1(O)C(=O)OCC2C(=O)N3Cc4cc5cc(OC(=O)N6CCC(N7CCCCC7)CC6)ccc5nc4C3=CC21. The Bertz CT molecular complexity index is 1440. The van der Waals surface area contributed by atoms with Crippen LogP contribution in [0.25, 0.3) is 16.6 Å². The fourth-order valence-corrected chi connectivity index (χ4v) is 7.31. The Kier molecular flexibility index (Phi) is 6.50. The standard InChI is InChI=1S/C31H36N4O6/c1-2-31(39)24-16-26-27-20(17-35(26)28(36)23(24)18-40-29(31)37)14-19-15-22(6-7-25(19)32-27)41-30(38)34-12-8-21(9-13-34)33-10-4-3-5-11-33/h6-7,14-16,21,23-24,39H,2-5,8-13,17-18H2,1H3. The van der Waals surface area contributed by atoms with E-state index < -0.39 is 23.4 Å². The normalized spacial score (nSPS) is 28.6. The van der Waals surface area contributed by atoms with E-state index in [0.717, 1.165) is 23.8 Å². The van der Waals surface area contributed by atoms with Gasteiger partial charge in [0.1, 0.15) is 12.4 Å². The first-order valence-corrected chi connectivity index (χ1v) is 14.9. The van der Waals surface area contributed by atoms with E-state index in [4.69, 9.17) is 14.5 Å². The molecule has 1 N–H and O–H groups in total. The van der Waals surface area contributed by atoms with E-state index in [1.165, 1.54) is 32.4 Å². The van der Waals surface area contributed by atoms with Gasteiger partial charge in [0.25, 0.3) is 0 Å². The van der Waals surface area contributed by atoms with Gasteiger partial charge in [-0.2, -0.15) is 0 Å². The number of hydrogen-bond acceptors (Lipinski definition) is 8. The summed E-state index contributed by atoms with van der Waals surface area (Å²) in [5, 5.41) is 11.9. The molecule has 3 fully saturated rings. The number of rotatable bonds is 3. The molecule has 10 nitrogen and oxygen atoms in total. The molecule has 1 aromatic heterocycles. The smallest absolute Gasteiger partial charge is 0.415 e. The van der Waals surface area contributed by atoms with Crippen molar-refractivity contribution in [3.05, 3.63) is 41.6 Å². The molecule has 41 heavy (non-hydrogen) atoms. The summed E-state index contributed by atoms with van der Waals surface area (Å²) in [6.07, 6.45) is 7.47. The van der Waals surface area contributed by atoms with Crippen LogP contribution in [0.1, 0.15) is 56.7 Å². The van der Waals surface area contributed by atoms with Crippen molar-refractivity contribution in [2.45, 2.75) is 63.6 Å². The van der Waals surface area contributed by atoms with Gasteiger partial charge in [-0.1, -0.05) is 19.4 Å². The molecule has 1 aromatic carbocycles. The lowest BCUT2D eigenvalue weighted by molar-refractivity contribution is -0.190. The molecule has 0 radical (unpaired) electrons. The lowest BCUT2D eigenvalue weighted by Gasteiger charge is -2.44. The highest BCUT2D eigenvalue weighted by atomic mass is 16.6. The van der Waals surface area contributed by atoms with Crippen LogP contribution in [0.15, 0.2) is 30.3 Å². The molecule has 0 aliphatic carbocycles. The molecular formula is C31H36N4O6. The van der Waals surface area contributed by atoms with Crippen LogP contribution in [-0.2, 0) is 20.9 Å². The van der Waals surface area contributed by atoms with Crippen LogP contribution in [0.5, 0.6) is 5.75 Å². The summed E-state index contributed by atoms with van der Waals surface area (Å²) in [7, 11) is 0. The van der Waals surface area contributed by atoms with Crippen molar-refractivity contribution >= 4 is 34.6 Å². The molecule has 6 heterocycles. The Balaban J connectivity index is 1.08. The first-order valence-electron chi connectivity index (χ1n) is 14.9. The van der Waals surface area contributed by atoms with Crippen LogP contribution < -0.4 is 4.74 Å². The summed E-state index contributed by atoms with van der Waals surface area (Å²) in [4.78, 5) is 49.7. The number of nitrogens with zero attached hydrogens (tertiary/aromatic N) is 4. The fraction of sp³-hybridized carbons (Fsp3) is 0.548. The molecule has 3 atom stereocenters. The monoisotopic (exact) mass is 560 g/mol. The number of carbonyl (C=O) groups is 3. The summed E-state index contributed by atoms with van der Waals surface area (Å²) < 4.78 is 11.0. The van der Waals surface area contributed by atoms with E-state index in [0.29, 0.717) is 48.3 Å². The van der Waals surface area contributed by atoms with Crippen molar-refractivity contribution in [2.75, 3.05) is 32.8 Å². The molecule has 2 aromatic rings. The second-order valence-corrected chi connectivity index (χ2v) is 12.0. The first-order chi connectivity index (χ1) is 19.9. The molecule has 3 saturated heterocycles. The van der Waals surface area contributed by atoms with Crippen molar-refractivity contribution < 1.29 is 29.0 Å². The number of fused-ring (bicyclic) bond motifs is 5. The highest BCUT2D eigenvalue weighted by Gasteiger charge is 2.56. The number of aliphatic hydroxyl groups is 1. The zero-order chi connectivity index (χ0) is 28.3. The summed E-state index contributed by atoms with van der Waals surface area (Å²) in [5.41, 5.74) is 1.13. The molecular weight excluding hydrogens is 524 g/mol. The second-order valence-electron chi connectivity index (χ2n) is 12.0. The van der Waals surface area contributed by atoms with Crippen LogP contribution >= 0.6 is 0 Å². The summed E-state index contributed by atoms with van der Waals surface area (Å²) in [6, 6.07) is 7.91.